The van der Waals surface area contributed by atoms with Crippen LogP contribution in [-0.2, 0) is 14.6 Å². The zero-order chi connectivity index (χ0) is 15.3. The number of nitrogens with one attached hydrogen (secondary N) is 1. The molecular weight excluding hydrogens is 283 g/mol. The van der Waals surface area contributed by atoms with Crippen molar-refractivity contribution in [3.8, 4) is 0 Å². The number of hydrogen-bond acceptors (Lipinski definition) is 4. The van der Waals surface area contributed by atoms with E-state index in [1.165, 1.54) is 6.07 Å². The molecule has 1 aromatic rings. The number of anilines is 2. The van der Waals surface area contributed by atoms with Gasteiger partial charge in [-0.25, -0.2) is 12.8 Å². The highest BCUT2D eigenvalue weighted by molar-refractivity contribution is 7.92. The van der Waals surface area contributed by atoms with Crippen molar-refractivity contribution >= 4 is 27.1 Å². The molecule has 1 amide bonds. The number of carbonyl (C=O) groups is 1. The van der Waals surface area contributed by atoms with Gasteiger partial charge in [-0.15, -0.1) is 0 Å². The summed E-state index contributed by atoms with van der Waals surface area (Å²) in [6.07, 6.45) is 0.728. The van der Waals surface area contributed by atoms with Gasteiger partial charge in [0.25, 0.3) is 0 Å². The maximum atomic E-state index is 12.8. The quantitative estimate of drug-likeness (QED) is 0.784. The van der Waals surface area contributed by atoms with Crippen LogP contribution < -0.4 is 11.1 Å². The Morgan fingerprint density at radius 1 is 1.45 bits per heavy atom. The fourth-order valence-corrected chi connectivity index (χ4v) is 3.34. The zero-order valence-corrected chi connectivity index (χ0v) is 12.3. The minimum atomic E-state index is -3.46. The molecule has 112 valence electrons. The molecule has 0 aliphatic rings. The van der Waals surface area contributed by atoms with E-state index in [0.29, 0.717) is 0 Å². The SMILES string of the molecule is CCC(C)CS(=O)(=O)CC(=O)Nc1ccc(F)cc1N. The molecule has 7 heteroatoms. The average molecular weight is 302 g/mol. The maximum Gasteiger partial charge on any atom is 0.239 e. The summed E-state index contributed by atoms with van der Waals surface area (Å²) in [5, 5.41) is 2.38. The summed E-state index contributed by atoms with van der Waals surface area (Å²) in [4.78, 5) is 11.7. The number of carbonyl (C=O) groups excluding carboxylic acids is 1. The summed E-state index contributed by atoms with van der Waals surface area (Å²) >= 11 is 0. The molecule has 20 heavy (non-hydrogen) atoms. The first-order valence-corrected chi connectivity index (χ1v) is 8.11. The predicted molar refractivity (Wildman–Crippen MR) is 77.6 cm³/mol. The number of halogens is 1. The van der Waals surface area contributed by atoms with Crippen LogP contribution >= 0.6 is 0 Å². The van der Waals surface area contributed by atoms with E-state index in [1.807, 2.05) is 13.8 Å². The van der Waals surface area contributed by atoms with Gasteiger partial charge < -0.3 is 11.1 Å². The van der Waals surface area contributed by atoms with E-state index in [0.717, 1.165) is 18.6 Å². The lowest BCUT2D eigenvalue weighted by atomic mass is 10.2. The average Bonchev–Trinajstić information content (AvgIpc) is 2.31. The highest BCUT2D eigenvalue weighted by Crippen LogP contribution is 2.19. The predicted octanol–water partition coefficient (Wildman–Crippen LogP) is 1.81. The Kier molecular flexibility index (Phi) is 5.50. The number of nitrogens with two attached hydrogens (primary N) is 1. The Labute approximate surface area is 118 Å². The van der Waals surface area contributed by atoms with E-state index in [1.54, 1.807) is 0 Å². The molecule has 0 fully saturated rings. The molecule has 3 N–H and O–H groups in total. The topological polar surface area (TPSA) is 89.3 Å². The summed E-state index contributed by atoms with van der Waals surface area (Å²) in [6, 6.07) is 3.49. The summed E-state index contributed by atoms with van der Waals surface area (Å²) in [7, 11) is -3.46. The third-order valence-corrected chi connectivity index (χ3v) is 4.65. The summed E-state index contributed by atoms with van der Waals surface area (Å²) in [6.45, 7) is 3.70. The second kappa shape index (κ2) is 6.69. The van der Waals surface area contributed by atoms with E-state index in [9.17, 15) is 17.6 Å². The van der Waals surface area contributed by atoms with Crippen LogP contribution in [0.25, 0.3) is 0 Å². The lowest BCUT2D eigenvalue weighted by Crippen LogP contribution is -2.27. The zero-order valence-electron chi connectivity index (χ0n) is 11.5. The normalized spacial score (nSPS) is 12.9. The highest BCUT2D eigenvalue weighted by Gasteiger charge is 2.19. The fourth-order valence-electron chi connectivity index (χ4n) is 1.64. The Bertz CT molecular complexity index is 587. The molecule has 0 bridgehead atoms. The Morgan fingerprint density at radius 2 is 2.10 bits per heavy atom. The number of benzene rings is 1. The number of sulfone groups is 1. The lowest BCUT2D eigenvalue weighted by molar-refractivity contribution is -0.113. The molecule has 0 aliphatic heterocycles. The van der Waals surface area contributed by atoms with Gasteiger partial charge in [0.05, 0.1) is 17.1 Å². The molecule has 1 unspecified atom stereocenters. The first-order valence-electron chi connectivity index (χ1n) is 6.29. The molecule has 0 spiro atoms. The van der Waals surface area contributed by atoms with Crippen molar-refractivity contribution in [2.45, 2.75) is 20.3 Å². The molecule has 1 aromatic carbocycles. The minimum Gasteiger partial charge on any atom is -0.397 e. The van der Waals surface area contributed by atoms with Gasteiger partial charge in [-0.1, -0.05) is 20.3 Å². The van der Waals surface area contributed by atoms with Crippen molar-refractivity contribution in [3.05, 3.63) is 24.0 Å². The van der Waals surface area contributed by atoms with E-state index in [4.69, 9.17) is 5.73 Å². The van der Waals surface area contributed by atoms with E-state index in [2.05, 4.69) is 5.32 Å². The summed E-state index contributed by atoms with van der Waals surface area (Å²) in [5.41, 5.74) is 5.79. The first kappa shape index (κ1) is 16.4. The second-order valence-electron chi connectivity index (χ2n) is 4.85. The molecule has 0 aromatic heterocycles. The number of rotatable bonds is 6. The smallest absolute Gasteiger partial charge is 0.239 e. The maximum absolute atomic E-state index is 12.8. The lowest BCUT2D eigenvalue weighted by Gasteiger charge is -2.11. The van der Waals surface area contributed by atoms with Crippen LogP contribution in [0.2, 0.25) is 0 Å². The van der Waals surface area contributed by atoms with Gasteiger partial charge in [0.2, 0.25) is 5.91 Å². The minimum absolute atomic E-state index is 0.00342. The Hall–Kier alpha value is -1.63. The number of hydrogen-bond donors (Lipinski definition) is 2. The van der Waals surface area contributed by atoms with Crippen LogP contribution in [0.4, 0.5) is 15.8 Å². The molecule has 5 nitrogen and oxygen atoms in total. The fraction of sp³-hybridized carbons (Fsp3) is 0.462. The monoisotopic (exact) mass is 302 g/mol. The molecule has 0 saturated heterocycles. The first-order chi connectivity index (χ1) is 9.23. The molecule has 0 saturated carbocycles. The second-order valence-corrected chi connectivity index (χ2v) is 6.96. The Balaban J connectivity index is 2.68. The summed E-state index contributed by atoms with van der Waals surface area (Å²) in [5.74, 6) is -1.83. The Morgan fingerprint density at radius 3 is 2.65 bits per heavy atom. The third-order valence-electron chi connectivity index (χ3n) is 2.87. The largest absolute Gasteiger partial charge is 0.397 e. The van der Waals surface area contributed by atoms with Crippen molar-refractivity contribution in [1.29, 1.82) is 0 Å². The van der Waals surface area contributed by atoms with Crippen LogP contribution in [0.5, 0.6) is 0 Å². The van der Waals surface area contributed by atoms with Gasteiger partial charge >= 0.3 is 0 Å². The van der Waals surface area contributed by atoms with Gasteiger partial charge in [0, 0.05) is 0 Å². The third kappa shape index (κ3) is 5.16. The van der Waals surface area contributed by atoms with Crippen LogP contribution in [0.1, 0.15) is 20.3 Å². The molecular formula is C13H19FN2O3S. The molecule has 0 heterocycles. The van der Waals surface area contributed by atoms with Crippen molar-refractivity contribution in [1.82, 2.24) is 0 Å². The molecule has 0 radical (unpaired) electrons. The van der Waals surface area contributed by atoms with Crippen LogP contribution in [-0.4, -0.2) is 25.8 Å². The van der Waals surface area contributed by atoms with Crippen LogP contribution in [0, 0.1) is 11.7 Å². The molecule has 0 aliphatic carbocycles. The molecule has 1 atom stereocenters. The van der Waals surface area contributed by atoms with Crippen LogP contribution in [0.15, 0.2) is 18.2 Å². The van der Waals surface area contributed by atoms with Crippen molar-refractivity contribution in [3.63, 3.8) is 0 Å². The molecule has 1 rings (SSSR count). The van der Waals surface area contributed by atoms with Gasteiger partial charge in [0.15, 0.2) is 9.84 Å². The van der Waals surface area contributed by atoms with Gasteiger partial charge in [-0.3, -0.25) is 4.79 Å². The van der Waals surface area contributed by atoms with Gasteiger partial charge in [-0.05, 0) is 24.1 Å². The van der Waals surface area contributed by atoms with Gasteiger partial charge in [0.1, 0.15) is 11.6 Å². The van der Waals surface area contributed by atoms with Gasteiger partial charge in [-0.2, -0.15) is 0 Å². The number of nitrogen functional groups attached to an aromatic ring is 1. The van der Waals surface area contributed by atoms with E-state index < -0.39 is 27.3 Å². The van der Waals surface area contributed by atoms with Crippen molar-refractivity contribution < 1.29 is 17.6 Å². The standard InChI is InChI=1S/C13H19FN2O3S/c1-3-9(2)7-20(18,19)8-13(17)16-12-5-4-10(14)6-11(12)15/h4-6,9H,3,7-8,15H2,1-2H3,(H,16,17). The highest BCUT2D eigenvalue weighted by atomic mass is 32.2. The van der Waals surface area contributed by atoms with Crippen molar-refractivity contribution in [2.24, 2.45) is 5.92 Å². The summed E-state index contributed by atoms with van der Waals surface area (Å²) < 4.78 is 36.4. The van der Waals surface area contributed by atoms with Crippen molar-refractivity contribution in [2.75, 3.05) is 22.6 Å². The van der Waals surface area contributed by atoms with E-state index >= 15 is 0 Å². The van der Waals surface area contributed by atoms with E-state index in [-0.39, 0.29) is 23.0 Å². The van der Waals surface area contributed by atoms with Crippen LogP contribution in [0.3, 0.4) is 0 Å². The number of amides is 1.